The van der Waals surface area contributed by atoms with Gasteiger partial charge in [-0.15, -0.1) is 5.10 Å². The van der Waals surface area contributed by atoms with Gasteiger partial charge in [-0.25, -0.2) is 9.48 Å². The Morgan fingerprint density at radius 3 is 2.43 bits per heavy atom. The Hall–Kier alpha value is -2.17. The van der Waals surface area contributed by atoms with Crippen molar-refractivity contribution in [2.24, 2.45) is 0 Å². The van der Waals surface area contributed by atoms with Gasteiger partial charge in [-0.2, -0.15) is 0 Å². The van der Waals surface area contributed by atoms with Gasteiger partial charge in [0.25, 0.3) is 0 Å². The molecule has 0 fully saturated rings. The number of nitrogens with zero attached hydrogens (tertiary/aromatic N) is 3. The number of carbonyl (C=O) groups excluding carboxylic acids is 1. The van der Waals surface area contributed by atoms with E-state index in [1.165, 1.54) is 0 Å². The summed E-state index contributed by atoms with van der Waals surface area (Å²) in [6.45, 7) is 9.35. The van der Waals surface area contributed by atoms with E-state index in [0.717, 1.165) is 5.56 Å². The molecule has 0 saturated heterocycles. The maximum atomic E-state index is 12.1. The Morgan fingerprint density at radius 2 is 1.86 bits per heavy atom. The monoisotopic (exact) mass is 287 g/mol. The van der Waals surface area contributed by atoms with Crippen molar-refractivity contribution in [1.29, 1.82) is 0 Å². The number of aromatic nitrogens is 3. The first-order chi connectivity index (χ1) is 9.79. The first-order valence-corrected chi connectivity index (χ1v) is 6.99. The predicted molar refractivity (Wildman–Crippen MR) is 80.2 cm³/mol. The van der Waals surface area contributed by atoms with Crippen molar-refractivity contribution in [3.05, 3.63) is 47.3 Å². The number of hydrogen-bond donors (Lipinski definition) is 0. The molecule has 5 nitrogen and oxygen atoms in total. The van der Waals surface area contributed by atoms with Gasteiger partial charge in [0.2, 0.25) is 0 Å². The number of ether oxygens (including phenoxy) is 1. The maximum Gasteiger partial charge on any atom is 0.361 e. The van der Waals surface area contributed by atoms with Gasteiger partial charge in [0.15, 0.2) is 5.69 Å². The summed E-state index contributed by atoms with van der Waals surface area (Å²) >= 11 is 0. The van der Waals surface area contributed by atoms with Crippen LogP contribution in [0.15, 0.2) is 30.3 Å². The van der Waals surface area contributed by atoms with E-state index in [4.69, 9.17) is 4.74 Å². The number of benzene rings is 1. The van der Waals surface area contributed by atoms with Gasteiger partial charge >= 0.3 is 5.97 Å². The van der Waals surface area contributed by atoms with Crippen LogP contribution in [0.5, 0.6) is 0 Å². The highest BCUT2D eigenvalue weighted by Crippen LogP contribution is 2.20. The van der Waals surface area contributed by atoms with Gasteiger partial charge in [-0.1, -0.05) is 35.5 Å². The summed E-state index contributed by atoms with van der Waals surface area (Å²) in [4.78, 5) is 12.1. The van der Waals surface area contributed by atoms with E-state index in [9.17, 15) is 4.79 Å². The van der Waals surface area contributed by atoms with Gasteiger partial charge < -0.3 is 4.74 Å². The van der Waals surface area contributed by atoms with Crippen molar-refractivity contribution in [2.75, 3.05) is 0 Å². The fourth-order valence-electron chi connectivity index (χ4n) is 2.10. The van der Waals surface area contributed by atoms with Crippen LogP contribution in [0.1, 0.15) is 55.5 Å². The highest BCUT2D eigenvalue weighted by atomic mass is 16.6. The second-order valence-electron chi connectivity index (χ2n) is 6.06. The van der Waals surface area contributed by atoms with E-state index in [1.807, 2.05) is 65.0 Å². The molecule has 0 aliphatic heterocycles. The minimum atomic E-state index is -0.543. The van der Waals surface area contributed by atoms with E-state index in [0.29, 0.717) is 5.69 Å². The highest BCUT2D eigenvalue weighted by Gasteiger charge is 2.25. The zero-order valence-electron chi connectivity index (χ0n) is 13.1. The molecule has 0 radical (unpaired) electrons. The van der Waals surface area contributed by atoms with Crippen LogP contribution in [0.4, 0.5) is 0 Å². The van der Waals surface area contributed by atoms with E-state index in [1.54, 1.807) is 4.68 Å². The average Bonchev–Trinajstić information content (AvgIpc) is 2.79. The molecule has 21 heavy (non-hydrogen) atoms. The maximum absolute atomic E-state index is 12.1. The second-order valence-corrected chi connectivity index (χ2v) is 6.06. The Kier molecular flexibility index (Phi) is 4.11. The first kappa shape index (κ1) is 15.2. The lowest BCUT2D eigenvalue weighted by atomic mass is 10.1. The van der Waals surface area contributed by atoms with Crippen molar-refractivity contribution in [1.82, 2.24) is 15.0 Å². The largest absolute Gasteiger partial charge is 0.455 e. The average molecular weight is 287 g/mol. The van der Waals surface area contributed by atoms with Gasteiger partial charge in [0.05, 0.1) is 11.7 Å². The van der Waals surface area contributed by atoms with Crippen LogP contribution in [-0.4, -0.2) is 26.6 Å². The summed E-state index contributed by atoms with van der Waals surface area (Å²) in [6.07, 6.45) is 0. The third-order valence-corrected chi connectivity index (χ3v) is 3.17. The number of esters is 1. The molecule has 0 amide bonds. The predicted octanol–water partition coefficient (Wildman–Crippen LogP) is 3.15. The fraction of sp³-hybridized carbons (Fsp3) is 0.438. The molecule has 0 aliphatic rings. The lowest BCUT2D eigenvalue weighted by molar-refractivity contribution is 0.00619. The molecule has 112 valence electrons. The number of rotatable bonds is 3. The summed E-state index contributed by atoms with van der Waals surface area (Å²) in [7, 11) is 0. The molecule has 0 aliphatic carbocycles. The molecule has 1 atom stereocenters. The summed E-state index contributed by atoms with van der Waals surface area (Å²) in [5.74, 6) is -0.438. The molecule has 1 aromatic carbocycles. The minimum absolute atomic E-state index is 0.00915. The Balaban J connectivity index is 2.27. The van der Waals surface area contributed by atoms with Gasteiger partial charge in [0, 0.05) is 0 Å². The highest BCUT2D eigenvalue weighted by molar-refractivity contribution is 5.88. The van der Waals surface area contributed by atoms with Crippen molar-refractivity contribution in [3.63, 3.8) is 0 Å². The lowest BCUT2D eigenvalue weighted by Crippen LogP contribution is -2.24. The van der Waals surface area contributed by atoms with Crippen molar-refractivity contribution in [2.45, 2.75) is 46.3 Å². The summed E-state index contributed by atoms with van der Waals surface area (Å²) < 4.78 is 7.09. The summed E-state index contributed by atoms with van der Waals surface area (Å²) in [5, 5.41) is 8.09. The molecule has 5 heteroatoms. The molecule has 1 aromatic heterocycles. The van der Waals surface area contributed by atoms with Crippen molar-refractivity contribution >= 4 is 5.97 Å². The molecule has 1 heterocycles. The topological polar surface area (TPSA) is 57.0 Å². The zero-order valence-corrected chi connectivity index (χ0v) is 13.1. The molecular weight excluding hydrogens is 266 g/mol. The normalized spacial score (nSPS) is 13.0. The van der Waals surface area contributed by atoms with Crippen LogP contribution < -0.4 is 0 Å². The van der Waals surface area contributed by atoms with Crippen LogP contribution >= 0.6 is 0 Å². The van der Waals surface area contributed by atoms with Crippen LogP contribution in [0.25, 0.3) is 0 Å². The molecule has 1 unspecified atom stereocenters. The molecule has 2 aromatic rings. The SMILES string of the molecule is Cc1c(C(=O)OC(C)(C)C)nnn1C(C)c1ccccc1. The van der Waals surface area contributed by atoms with Crippen LogP contribution in [-0.2, 0) is 4.74 Å². The third kappa shape index (κ3) is 3.48. The van der Waals surface area contributed by atoms with Gasteiger partial charge in [-0.05, 0) is 40.2 Å². The van der Waals surface area contributed by atoms with Crippen LogP contribution in [0.3, 0.4) is 0 Å². The Labute approximate surface area is 124 Å². The van der Waals surface area contributed by atoms with Crippen LogP contribution in [0.2, 0.25) is 0 Å². The van der Waals surface area contributed by atoms with Gasteiger partial charge in [-0.3, -0.25) is 0 Å². The molecule has 0 bridgehead atoms. The second kappa shape index (κ2) is 5.68. The smallest absolute Gasteiger partial charge is 0.361 e. The molecule has 0 saturated carbocycles. The standard InChI is InChI=1S/C16H21N3O2/c1-11(13-9-7-6-8-10-13)19-12(2)14(17-18-19)15(20)21-16(3,4)5/h6-11H,1-5H3. The minimum Gasteiger partial charge on any atom is -0.455 e. The van der Waals surface area contributed by atoms with E-state index in [-0.39, 0.29) is 11.7 Å². The molecular formula is C16H21N3O2. The van der Waals surface area contributed by atoms with Crippen molar-refractivity contribution in [3.8, 4) is 0 Å². The van der Waals surface area contributed by atoms with E-state index >= 15 is 0 Å². The zero-order chi connectivity index (χ0) is 15.6. The Bertz CT molecular complexity index is 627. The van der Waals surface area contributed by atoms with E-state index < -0.39 is 11.6 Å². The first-order valence-electron chi connectivity index (χ1n) is 6.99. The number of hydrogen-bond acceptors (Lipinski definition) is 4. The van der Waals surface area contributed by atoms with E-state index in [2.05, 4.69) is 10.3 Å². The summed E-state index contributed by atoms with van der Waals surface area (Å²) in [5.41, 5.74) is 1.55. The van der Waals surface area contributed by atoms with Crippen molar-refractivity contribution < 1.29 is 9.53 Å². The van der Waals surface area contributed by atoms with Gasteiger partial charge in [0.1, 0.15) is 5.60 Å². The molecule has 0 spiro atoms. The molecule has 0 N–H and O–H groups in total. The number of carbonyl (C=O) groups is 1. The van der Waals surface area contributed by atoms with Crippen LogP contribution in [0, 0.1) is 6.92 Å². The third-order valence-electron chi connectivity index (χ3n) is 3.17. The summed E-state index contributed by atoms with van der Waals surface area (Å²) in [6, 6.07) is 9.99. The quantitative estimate of drug-likeness (QED) is 0.814. The lowest BCUT2D eigenvalue weighted by Gasteiger charge is -2.19. The molecule has 2 rings (SSSR count). The fourth-order valence-corrected chi connectivity index (χ4v) is 2.10. The Morgan fingerprint density at radius 1 is 1.24 bits per heavy atom.